The van der Waals surface area contributed by atoms with Crippen molar-refractivity contribution in [3.8, 4) is 5.75 Å². The summed E-state index contributed by atoms with van der Waals surface area (Å²) >= 11 is 0. The van der Waals surface area contributed by atoms with E-state index in [9.17, 15) is 8.78 Å². The molecule has 0 N–H and O–H groups in total. The Labute approximate surface area is 197 Å². The Morgan fingerprint density at radius 2 is 1.64 bits per heavy atom. The van der Waals surface area contributed by atoms with Gasteiger partial charge in [-0.1, -0.05) is 43.9 Å². The van der Waals surface area contributed by atoms with E-state index in [0.717, 1.165) is 42.1 Å². The van der Waals surface area contributed by atoms with Crippen molar-refractivity contribution in [3.05, 3.63) is 66.3 Å². The molecule has 1 atom stereocenters. The molecule has 2 aliphatic rings. The molecular weight excluding hydrogens is 414 g/mol. The molecule has 1 nitrogen and oxygen atoms in total. The minimum atomic E-state index is -0.914. The van der Waals surface area contributed by atoms with Gasteiger partial charge in [-0.05, 0) is 111 Å². The molecule has 3 heteroatoms. The van der Waals surface area contributed by atoms with Gasteiger partial charge in [0.25, 0.3) is 0 Å². The molecule has 2 aromatic carbocycles. The van der Waals surface area contributed by atoms with Crippen LogP contribution in [0.1, 0.15) is 76.7 Å². The highest BCUT2D eigenvalue weighted by molar-refractivity contribution is 5.85. The lowest BCUT2D eigenvalue weighted by molar-refractivity contribution is 0.142. The molecule has 2 saturated carbocycles. The fraction of sp³-hybridized carbons (Fsp3) is 0.533. The van der Waals surface area contributed by atoms with Crippen LogP contribution >= 0.6 is 0 Å². The summed E-state index contributed by atoms with van der Waals surface area (Å²) in [5.74, 6) is 1.88. The summed E-state index contributed by atoms with van der Waals surface area (Å²) in [6, 6.07) is 7.45. The van der Waals surface area contributed by atoms with Crippen LogP contribution in [-0.2, 0) is 0 Å². The molecule has 4 rings (SSSR count). The van der Waals surface area contributed by atoms with E-state index in [0.29, 0.717) is 16.7 Å². The first-order valence-corrected chi connectivity index (χ1v) is 12.8. The number of benzene rings is 2. The Hall–Kier alpha value is -2.16. The summed E-state index contributed by atoms with van der Waals surface area (Å²) in [5.41, 5.74) is 1.14. The second-order valence-corrected chi connectivity index (χ2v) is 10.3. The van der Waals surface area contributed by atoms with Gasteiger partial charge in [0, 0.05) is 5.39 Å². The molecule has 2 aromatic rings. The van der Waals surface area contributed by atoms with Gasteiger partial charge in [-0.2, -0.15) is 4.39 Å². The minimum absolute atomic E-state index is 0.0538. The van der Waals surface area contributed by atoms with E-state index < -0.39 is 11.6 Å². The van der Waals surface area contributed by atoms with Crippen molar-refractivity contribution in [2.75, 3.05) is 6.61 Å². The Kier molecular flexibility index (Phi) is 7.88. The van der Waals surface area contributed by atoms with Crippen molar-refractivity contribution in [1.82, 2.24) is 0 Å². The second-order valence-electron chi connectivity index (χ2n) is 10.3. The predicted molar refractivity (Wildman–Crippen MR) is 134 cm³/mol. The molecule has 0 aliphatic heterocycles. The average Bonchev–Trinajstić information content (AvgIpc) is 2.85. The maximum Gasteiger partial charge on any atom is 0.201 e. The first-order valence-electron chi connectivity index (χ1n) is 12.8. The summed E-state index contributed by atoms with van der Waals surface area (Å²) in [7, 11) is 0. The molecular formula is C30H38F2O. The number of allylic oxidation sites excluding steroid dienone is 2. The van der Waals surface area contributed by atoms with Gasteiger partial charge in [-0.15, -0.1) is 0 Å². The normalized spacial score (nSPS) is 27.0. The van der Waals surface area contributed by atoms with E-state index in [1.54, 1.807) is 6.07 Å². The first-order chi connectivity index (χ1) is 16.0. The topological polar surface area (TPSA) is 9.23 Å². The van der Waals surface area contributed by atoms with Crippen molar-refractivity contribution in [2.45, 2.75) is 71.1 Å². The van der Waals surface area contributed by atoms with Crippen molar-refractivity contribution in [2.24, 2.45) is 23.7 Å². The lowest BCUT2D eigenvalue weighted by Crippen LogP contribution is -2.27. The number of hydrogen-bond acceptors (Lipinski definition) is 1. The summed E-state index contributed by atoms with van der Waals surface area (Å²) in [5, 5.41) is 1.02. The van der Waals surface area contributed by atoms with Gasteiger partial charge in [0.2, 0.25) is 5.82 Å². The van der Waals surface area contributed by atoms with E-state index >= 15 is 0 Å². The Morgan fingerprint density at radius 3 is 2.27 bits per heavy atom. The van der Waals surface area contributed by atoms with Crippen molar-refractivity contribution < 1.29 is 13.5 Å². The third kappa shape index (κ3) is 5.34. The van der Waals surface area contributed by atoms with Crippen LogP contribution in [0.4, 0.5) is 8.78 Å². The molecule has 178 valence electrons. The highest BCUT2D eigenvalue weighted by atomic mass is 19.2. The molecule has 0 heterocycles. The quantitative estimate of drug-likeness (QED) is 0.381. The molecule has 33 heavy (non-hydrogen) atoms. The van der Waals surface area contributed by atoms with Crippen LogP contribution in [-0.4, -0.2) is 6.61 Å². The zero-order valence-electron chi connectivity index (χ0n) is 20.2. The van der Waals surface area contributed by atoms with E-state index in [4.69, 9.17) is 4.74 Å². The molecule has 0 spiro atoms. The number of fused-ring (bicyclic) bond motifs is 1. The lowest BCUT2D eigenvalue weighted by atomic mass is 9.67. The van der Waals surface area contributed by atoms with Gasteiger partial charge < -0.3 is 4.74 Å². The summed E-state index contributed by atoms with van der Waals surface area (Å²) in [6.45, 7) is 8.32. The third-order valence-electron chi connectivity index (χ3n) is 8.38. The second kappa shape index (κ2) is 10.8. The summed E-state index contributed by atoms with van der Waals surface area (Å²) in [6.07, 6.45) is 16.3. The third-order valence-corrected chi connectivity index (χ3v) is 8.38. The number of hydrogen-bond donors (Lipinski definition) is 0. The minimum Gasteiger partial charge on any atom is -0.486 e. The van der Waals surface area contributed by atoms with Crippen LogP contribution in [0.3, 0.4) is 0 Å². The highest BCUT2D eigenvalue weighted by Gasteiger charge is 2.32. The van der Waals surface area contributed by atoms with Crippen molar-refractivity contribution in [1.29, 1.82) is 0 Å². The zero-order chi connectivity index (χ0) is 23.4. The van der Waals surface area contributed by atoms with Gasteiger partial charge in [-0.25, -0.2) is 4.39 Å². The van der Waals surface area contributed by atoms with Crippen molar-refractivity contribution >= 4 is 10.8 Å². The predicted octanol–water partition coefficient (Wildman–Crippen LogP) is 8.98. The molecule has 0 amide bonds. The van der Waals surface area contributed by atoms with Crippen LogP contribution in [0.15, 0.2) is 49.1 Å². The lowest BCUT2D eigenvalue weighted by Gasteiger charge is -2.39. The number of ether oxygens (including phenoxy) is 1. The van der Waals surface area contributed by atoms with Gasteiger partial charge in [0.15, 0.2) is 11.6 Å². The summed E-state index contributed by atoms with van der Waals surface area (Å²) < 4.78 is 34.6. The van der Waals surface area contributed by atoms with Crippen molar-refractivity contribution in [3.63, 3.8) is 0 Å². The number of halogens is 2. The van der Waals surface area contributed by atoms with Crippen LogP contribution < -0.4 is 4.74 Å². The van der Waals surface area contributed by atoms with Crippen LogP contribution in [0.25, 0.3) is 10.8 Å². The van der Waals surface area contributed by atoms with E-state index in [1.807, 2.05) is 12.1 Å². The van der Waals surface area contributed by atoms with Gasteiger partial charge in [-0.3, -0.25) is 0 Å². The van der Waals surface area contributed by atoms with Gasteiger partial charge in [0.1, 0.15) is 6.61 Å². The average molecular weight is 453 g/mol. The maximum atomic E-state index is 14.8. The molecule has 2 fully saturated rings. The highest BCUT2D eigenvalue weighted by Crippen LogP contribution is 2.45. The monoisotopic (exact) mass is 452 g/mol. The Bertz CT molecular complexity index is 978. The maximum absolute atomic E-state index is 14.8. The fourth-order valence-electron chi connectivity index (χ4n) is 6.33. The summed E-state index contributed by atoms with van der Waals surface area (Å²) in [4.78, 5) is 0. The van der Waals surface area contributed by atoms with Crippen LogP contribution in [0.5, 0.6) is 5.75 Å². The molecule has 1 unspecified atom stereocenters. The molecule has 0 radical (unpaired) electrons. The SMILES string of the molecule is C=CCOc1cc2ccc(C3CCC(C(C)C4CCC(/C=C/C)CC4)CC3)cc2c(F)c1F. The zero-order valence-corrected chi connectivity index (χ0v) is 20.2. The molecule has 0 bridgehead atoms. The largest absolute Gasteiger partial charge is 0.486 e. The van der Waals surface area contributed by atoms with Crippen LogP contribution in [0, 0.1) is 35.3 Å². The smallest absolute Gasteiger partial charge is 0.201 e. The number of rotatable bonds is 7. The van der Waals surface area contributed by atoms with E-state index in [2.05, 4.69) is 38.6 Å². The van der Waals surface area contributed by atoms with Gasteiger partial charge >= 0.3 is 0 Å². The van der Waals surface area contributed by atoms with E-state index in [-0.39, 0.29) is 12.4 Å². The Morgan fingerprint density at radius 1 is 0.970 bits per heavy atom. The van der Waals surface area contributed by atoms with E-state index in [1.165, 1.54) is 44.6 Å². The molecule has 0 saturated heterocycles. The molecule has 0 aromatic heterocycles. The Balaban J connectivity index is 1.39. The first kappa shape index (κ1) is 24.0. The standard InChI is InChI=1S/C30H38F2O/c1-4-6-21-7-9-22(10-8-21)20(3)23-11-13-24(14-12-23)25-15-16-26-19-28(33-17-5-2)30(32)29(31)27(26)18-25/h4-6,15-16,18-24H,2,7-14,17H2,1,3H3/b6-4+. The van der Waals surface area contributed by atoms with Gasteiger partial charge in [0.05, 0.1) is 0 Å². The molecule has 2 aliphatic carbocycles. The van der Waals surface area contributed by atoms with Crippen LogP contribution in [0.2, 0.25) is 0 Å². The fourth-order valence-corrected chi connectivity index (χ4v) is 6.33.